The van der Waals surface area contributed by atoms with Crippen LogP contribution in [0.25, 0.3) is 11.0 Å². The first kappa shape index (κ1) is 12.6. The van der Waals surface area contributed by atoms with E-state index in [1.165, 1.54) is 0 Å². The molecule has 4 nitrogen and oxygen atoms in total. The molecule has 2 rings (SSSR count). The van der Waals surface area contributed by atoms with E-state index in [1.54, 1.807) is 6.26 Å². The number of nitrogens with two attached hydrogens (primary N) is 1. The first-order chi connectivity index (χ1) is 8.66. The van der Waals surface area contributed by atoms with Gasteiger partial charge in [0.25, 0.3) is 0 Å². The fourth-order valence-corrected chi connectivity index (χ4v) is 1.93. The Kier molecular flexibility index (Phi) is 3.99. The van der Waals surface area contributed by atoms with Crippen LogP contribution in [0.2, 0.25) is 0 Å². The maximum Gasteiger partial charge on any atom is 0.221 e. The molecule has 1 unspecified atom stereocenters. The first-order valence-electron chi connectivity index (χ1n) is 6.14. The molecule has 2 aromatic rings. The number of hydrogen-bond acceptors (Lipinski definition) is 3. The number of hydrogen-bond donors (Lipinski definition) is 2. The van der Waals surface area contributed by atoms with E-state index < -0.39 is 0 Å². The summed E-state index contributed by atoms with van der Waals surface area (Å²) >= 11 is 0. The van der Waals surface area contributed by atoms with Crippen LogP contribution in [-0.4, -0.2) is 18.5 Å². The molecule has 0 fully saturated rings. The average molecular weight is 246 g/mol. The number of nitrogens with one attached hydrogen (secondary N) is 1. The summed E-state index contributed by atoms with van der Waals surface area (Å²) in [7, 11) is 0. The quantitative estimate of drug-likeness (QED) is 0.845. The van der Waals surface area contributed by atoms with Gasteiger partial charge in [0.05, 0.1) is 6.26 Å². The molecular weight excluding hydrogens is 228 g/mol. The summed E-state index contributed by atoms with van der Waals surface area (Å²) in [6.07, 6.45) is 2.89. The minimum atomic E-state index is -0.0974. The number of carbonyl (C=O) groups excluding carboxylic acids is 1. The highest BCUT2D eigenvalue weighted by Crippen LogP contribution is 2.20. The third kappa shape index (κ3) is 3.11. The zero-order valence-electron chi connectivity index (χ0n) is 10.5. The predicted octanol–water partition coefficient (Wildman–Crippen LogP) is 1.83. The highest BCUT2D eigenvalue weighted by Gasteiger charge is 2.07. The lowest BCUT2D eigenvalue weighted by Gasteiger charge is -2.06. The van der Waals surface area contributed by atoms with Gasteiger partial charge < -0.3 is 15.5 Å². The molecule has 0 aliphatic heterocycles. The number of para-hydroxylation sites is 1. The molecule has 1 heterocycles. The Labute approximate surface area is 106 Å². The lowest BCUT2D eigenvalue weighted by molar-refractivity contribution is -0.121. The number of carbonyl (C=O) groups is 1. The van der Waals surface area contributed by atoms with Crippen LogP contribution in [0.1, 0.15) is 18.9 Å². The van der Waals surface area contributed by atoms with Crippen molar-refractivity contribution in [2.75, 3.05) is 6.54 Å². The molecule has 0 aliphatic rings. The topological polar surface area (TPSA) is 68.3 Å². The van der Waals surface area contributed by atoms with Crippen molar-refractivity contribution >= 4 is 16.9 Å². The van der Waals surface area contributed by atoms with Gasteiger partial charge in [-0.15, -0.1) is 0 Å². The summed E-state index contributed by atoms with van der Waals surface area (Å²) in [6.45, 7) is 2.43. The molecule has 0 spiro atoms. The smallest absolute Gasteiger partial charge is 0.221 e. The van der Waals surface area contributed by atoms with Crippen molar-refractivity contribution in [1.29, 1.82) is 0 Å². The van der Waals surface area contributed by atoms with Crippen LogP contribution >= 0.6 is 0 Å². The lowest BCUT2D eigenvalue weighted by Crippen LogP contribution is -2.31. The highest BCUT2D eigenvalue weighted by atomic mass is 16.3. The molecule has 1 aromatic heterocycles. The zero-order valence-corrected chi connectivity index (χ0v) is 10.5. The Bertz CT molecular complexity index is 531. The van der Waals surface area contributed by atoms with Gasteiger partial charge in [-0.25, -0.2) is 0 Å². The number of benzene rings is 1. The van der Waals surface area contributed by atoms with Gasteiger partial charge in [-0.05, 0) is 25.0 Å². The van der Waals surface area contributed by atoms with E-state index in [4.69, 9.17) is 10.2 Å². The average Bonchev–Trinajstić information content (AvgIpc) is 2.72. The maximum absolute atomic E-state index is 11.4. The summed E-state index contributed by atoms with van der Waals surface area (Å²) in [5, 5.41) is 3.97. The molecule has 18 heavy (non-hydrogen) atoms. The zero-order chi connectivity index (χ0) is 13.0. The second-order valence-corrected chi connectivity index (χ2v) is 4.54. The molecule has 96 valence electrons. The van der Waals surface area contributed by atoms with E-state index in [1.807, 2.05) is 31.2 Å². The van der Waals surface area contributed by atoms with Crippen molar-refractivity contribution in [3.8, 4) is 0 Å². The van der Waals surface area contributed by atoms with Crippen molar-refractivity contribution in [2.24, 2.45) is 5.73 Å². The lowest BCUT2D eigenvalue weighted by atomic mass is 10.1. The minimum Gasteiger partial charge on any atom is -0.464 e. The maximum atomic E-state index is 11.4. The van der Waals surface area contributed by atoms with Crippen molar-refractivity contribution < 1.29 is 9.21 Å². The number of fused-ring (bicyclic) bond motifs is 1. The van der Waals surface area contributed by atoms with E-state index in [2.05, 4.69) is 5.32 Å². The van der Waals surface area contributed by atoms with Crippen molar-refractivity contribution in [3.63, 3.8) is 0 Å². The number of rotatable bonds is 5. The van der Waals surface area contributed by atoms with E-state index in [-0.39, 0.29) is 11.9 Å². The number of amides is 1. The van der Waals surface area contributed by atoms with Crippen LogP contribution in [0, 0.1) is 0 Å². The Hall–Kier alpha value is -1.81. The molecule has 1 aromatic carbocycles. The van der Waals surface area contributed by atoms with Gasteiger partial charge in [0.15, 0.2) is 0 Å². The molecule has 1 atom stereocenters. The van der Waals surface area contributed by atoms with Gasteiger partial charge in [0, 0.05) is 24.4 Å². The van der Waals surface area contributed by atoms with Crippen molar-refractivity contribution in [3.05, 3.63) is 36.1 Å². The number of furan rings is 1. The molecule has 0 saturated carbocycles. The Balaban J connectivity index is 1.89. The molecule has 0 bridgehead atoms. The van der Waals surface area contributed by atoms with E-state index in [0.29, 0.717) is 13.0 Å². The summed E-state index contributed by atoms with van der Waals surface area (Å²) in [4.78, 5) is 11.4. The van der Waals surface area contributed by atoms with Crippen LogP contribution in [0.5, 0.6) is 0 Å². The summed E-state index contributed by atoms with van der Waals surface area (Å²) in [5.74, 6) is -0.00204. The summed E-state index contributed by atoms with van der Waals surface area (Å²) in [6, 6.07) is 7.79. The summed E-state index contributed by atoms with van der Waals surface area (Å²) < 4.78 is 5.44. The van der Waals surface area contributed by atoms with Gasteiger partial charge in [0.2, 0.25) is 5.91 Å². The van der Waals surface area contributed by atoms with Crippen LogP contribution in [-0.2, 0) is 11.2 Å². The van der Waals surface area contributed by atoms with Crippen LogP contribution in [0.3, 0.4) is 0 Å². The highest BCUT2D eigenvalue weighted by molar-refractivity contribution is 5.81. The van der Waals surface area contributed by atoms with Gasteiger partial charge in [-0.1, -0.05) is 18.2 Å². The molecule has 0 aliphatic carbocycles. The molecule has 3 N–H and O–H groups in total. The second kappa shape index (κ2) is 5.69. The molecule has 0 saturated heterocycles. The Morgan fingerprint density at radius 3 is 3.00 bits per heavy atom. The van der Waals surface area contributed by atoms with Gasteiger partial charge >= 0.3 is 0 Å². The predicted molar refractivity (Wildman–Crippen MR) is 71.2 cm³/mol. The molecule has 1 amide bonds. The van der Waals surface area contributed by atoms with E-state index in [0.717, 1.165) is 23.0 Å². The van der Waals surface area contributed by atoms with Gasteiger partial charge in [0.1, 0.15) is 5.58 Å². The van der Waals surface area contributed by atoms with Crippen LogP contribution < -0.4 is 11.1 Å². The van der Waals surface area contributed by atoms with Gasteiger partial charge in [-0.2, -0.15) is 0 Å². The second-order valence-electron chi connectivity index (χ2n) is 4.54. The third-order valence-electron chi connectivity index (χ3n) is 2.79. The molecule has 0 radical (unpaired) electrons. The fourth-order valence-electron chi connectivity index (χ4n) is 1.93. The van der Waals surface area contributed by atoms with Crippen molar-refractivity contribution in [2.45, 2.75) is 25.8 Å². The SMILES string of the molecule is CC(N)CC(=O)NCCc1coc2ccccc12. The van der Waals surface area contributed by atoms with Crippen LogP contribution in [0.15, 0.2) is 34.9 Å². The first-order valence-corrected chi connectivity index (χ1v) is 6.14. The monoisotopic (exact) mass is 246 g/mol. The normalized spacial score (nSPS) is 12.6. The van der Waals surface area contributed by atoms with Crippen LogP contribution in [0.4, 0.5) is 0 Å². The Morgan fingerprint density at radius 1 is 1.44 bits per heavy atom. The molecule has 4 heteroatoms. The Morgan fingerprint density at radius 2 is 2.22 bits per heavy atom. The minimum absolute atomic E-state index is 0.00204. The summed E-state index contributed by atoms with van der Waals surface area (Å²) in [5.41, 5.74) is 7.56. The largest absolute Gasteiger partial charge is 0.464 e. The fraction of sp³-hybridized carbons (Fsp3) is 0.357. The standard InChI is InChI=1S/C14H18N2O2/c1-10(15)8-14(17)16-7-6-11-9-18-13-5-3-2-4-12(11)13/h2-5,9-10H,6-8,15H2,1H3,(H,16,17). The van der Waals surface area contributed by atoms with E-state index >= 15 is 0 Å². The van der Waals surface area contributed by atoms with E-state index in [9.17, 15) is 4.79 Å². The molecular formula is C14H18N2O2. The van der Waals surface area contributed by atoms with Gasteiger partial charge in [-0.3, -0.25) is 4.79 Å². The van der Waals surface area contributed by atoms with Crippen molar-refractivity contribution in [1.82, 2.24) is 5.32 Å². The third-order valence-corrected chi connectivity index (χ3v) is 2.79.